The first-order valence-electron chi connectivity index (χ1n) is 7.82. The van der Waals surface area contributed by atoms with Crippen molar-refractivity contribution in [1.82, 2.24) is 9.97 Å². The molecule has 0 amide bonds. The molecule has 0 bridgehead atoms. The van der Waals surface area contributed by atoms with Gasteiger partial charge in [0.05, 0.1) is 0 Å². The van der Waals surface area contributed by atoms with Gasteiger partial charge in [0.25, 0.3) is 0 Å². The van der Waals surface area contributed by atoms with E-state index in [2.05, 4.69) is 44.6 Å². The fraction of sp³-hybridized carbons (Fsp3) is 0.250. The number of aromatic hydroxyl groups is 2. The minimum absolute atomic E-state index is 0. The van der Waals surface area contributed by atoms with Gasteiger partial charge < -0.3 is 21.2 Å². The molecule has 0 unspecified atom stereocenters. The average Bonchev–Trinajstić information content (AvgIpc) is 2.75. The largest absolute Gasteiger partial charge is 0.870 e. The van der Waals surface area contributed by atoms with Gasteiger partial charge in [-0.2, -0.15) is 27.8 Å². The average molecular weight is 551 g/mol. The number of rotatable bonds is 1. The Labute approximate surface area is 173 Å². The van der Waals surface area contributed by atoms with Crippen LogP contribution >= 0.6 is 0 Å². The Hall–Kier alpha value is -2.18. The Balaban J connectivity index is 0. The monoisotopic (exact) mass is 551 g/mol. The molecule has 0 saturated carbocycles. The van der Waals surface area contributed by atoms with E-state index in [1.165, 1.54) is 52.3 Å². The van der Waals surface area contributed by atoms with Crippen molar-refractivity contribution in [3.05, 3.63) is 64.5 Å². The molecule has 7 heteroatoms. The van der Waals surface area contributed by atoms with Crippen molar-refractivity contribution in [3.8, 4) is 22.9 Å². The van der Waals surface area contributed by atoms with Crippen LogP contribution in [0, 0.1) is 34.6 Å². The zero-order valence-electron chi connectivity index (χ0n) is 16.0. The van der Waals surface area contributed by atoms with Crippen LogP contribution in [0.25, 0.3) is 11.4 Å². The van der Waals surface area contributed by atoms with Gasteiger partial charge >= 0.3 is 0 Å². The molecule has 3 aromatic rings. The van der Waals surface area contributed by atoms with Gasteiger partial charge in [-0.25, -0.2) is 0 Å². The van der Waals surface area contributed by atoms with Gasteiger partial charge in [0.2, 0.25) is 0 Å². The van der Waals surface area contributed by atoms with Gasteiger partial charge in [-0.15, -0.1) is 0 Å². The summed E-state index contributed by atoms with van der Waals surface area (Å²) < 4.78 is 0. The first-order valence-corrected chi connectivity index (χ1v) is 7.82. The van der Waals surface area contributed by atoms with E-state index in [9.17, 15) is 10.2 Å². The van der Waals surface area contributed by atoms with Crippen LogP contribution in [0.4, 0.5) is 0 Å². The molecule has 0 atom stereocenters. The number of aromatic nitrogens is 2. The second-order valence-corrected chi connectivity index (χ2v) is 5.87. The molecule has 1 radical (unpaired) electrons. The summed E-state index contributed by atoms with van der Waals surface area (Å²) in [6.07, 6.45) is 3.06. The second kappa shape index (κ2) is 11.5. The molecular formula is C20H26IrN2O4-2. The molecule has 2 heterocycles. The normalized spacial score (nSPS) is 9.07. The Kier molecular flexibility index (Phi) is 11.5. The fourth-order valence-electron chi connectivity index (χ4n) is 2.56. The summed E-state index contributed by atoms with van der Waals surface area (Å²) in [6, 6.07) is 6.21. The van der Waals surface area contributed by atoms with E-state index >= 15 is 0 Å². The summed E-state index contributed by atoms with van der Waals surface area (Å²) in [6.45, 7) is 11.0. The SMILES string of the molecule is Cc1c(C)c(C)[c-](C)c1C.O.Oc1cccnc1-c1ncccc1O.[Ir].[OH-]. The summed E-state index contributed by atoms with van der Waals surface area (Å²) in [5, 5.41) is 18.9. The van der Waals surface area contributed by atoms with E-state index in [1.54, 1.807) is 12.1 Å². The standard InChI is InChI=1S/C10H8N2O2.C10H15.Ir.2H2O/c13-7-3-1-5-11-9(7)10-8(14)4-2-6-12-10;1-6-7(2)9(4)10(5)8(6)3;;;/h1-6,13-14H;1-5H3;;2*1H2/q;-1;;;/p-1. The smallest absolute Gasteiger partial charge is 0.143 e. The molecule has 5 N–H and O–H groups in total. The first kappa shape index (κ1) is 27.0. The van der Waals surface area contributed by atoms with Gasteiger partial charge in [-0.1, -0.05) is 34.6 Å². The summed E-state index contributed by atoms with van der Waals surface area (Å²) in [7, 11) is 0. The van der Waals surface area contributed by atoms with Gasteiger partial charge in [0, 0.05) is 32.5 Å². The minimum Gasteiger partial charge on any atom is -0.870 e. The molecule has 0 spiro atoms. The third kappa shape index (κ3) is 5.91. The second-order valence-electron chi connectivity index (χ2n) is 5.87. The molecule has 0 aliphatic rings. The Bertz CT molecular complexity index is 739. The molecule has 0 saturated heterocycles. The molecule has 1 aromatic carbocycles. The van der Waals surface area contributed by atoms with Crippen LogP contribution < -0.4 is 0 Å². The molecule has 151 valence electrons. The Morgan fingerprint density at radius 2 is 1.11 bits per heavy atom. The number of nitrogens with zero attached hydrogens (tertiary/aromatic N) is 2. The van der Waals surface area contributed by atoms with Gasteiger partial charge in [-0.3, -0.25) is 9.97 Å². The topological polar surface area (TPSA) is 128 Å². The fourth-order valence-corrected chi connectivity index (χ4v) is 2.56. The molecule has 2 aromatic heterocycles. The van der Waals surface area contributed by atoms with E-state index in [-0.39, 0.29) is 53.9 Å². The van der Waals surface area contributed by atoms with E-state index in [0.29, 0.717) is 0 Å². The van der Waals surface area contributed by atoms with E-state index in [4.69, 9.17) is 0 Å². The van der Waals surface area contributed by atoms with Crippen LogP contribution in [0.2, 0.25) is 0 Å². The molecule has 3 rings (SSSR count). The third-order valence-corrected chi connectivity index (χ3v) is 4.61. The van der Waals surface area contributed by atoms with Crippen molar-refractivity contribution in [2.45, 2.75) is 34.6 Å². The molecule has 0 aliphatic heterocycles. The molecule has 27 heavy (non-hydrogen) atoms. The Morgan fingerprint density at radius 3 is 1.33 bits per heavy atom. The number of hydrogen-bond donors (Lipinski definition) is 2. The maximum Gasteiger partial charge on any atom is 0.143 e. The quantitative estimate of drug-likeness (QED) is 0.449. The van der Waals surface area contributed by atoms with Gasteiger partial charge in [-0.05, 0) is 24.3 Å². The maximum absolute atomic E-state index is 9.47. The van der Waals surface area contributed by atoms with Crippen LogP contribution in [-0.2, 0) is 20.1 Å². The third-order valence-electron chi connectivity index (χ3n) is 4.61. The van der Waals surface area contributed by atoms with Crippen molar-refractivity contribution in [1.29, 1.82) is 0 Å². The summed E-state index contributed by atoms with van der Waals surface area (Å²) in [4.78, 5) is 7.87. The van der Waals surface area contributed by atoms with Crippen molar-refractivity contribution < 1.29 is 41.3 Å². The van der Waals surface area contributed by atoms with Crippen molar-refractivity contribution in [2.75, 3.05) is 0 Å². The van der Waals surface area contributed by atoms with Crippen LogP contribution in [0.15, 0.2) is 36.7 Å². The van der Waals surface area contributed by atoms with E-state index in [1.807, 2.05) is 0 Å². The summed E-state index contributed by atoms with van der Waals surface area (Å²) in [5.74, 6) is 0.00278. The van der Waals surface area contributed by atoms with Crippen LogP contribution in [0.5, 0.6) is 11.5 Å². The number of pyridine rings is 2. The molecule has 6 nitrogen and oxygen atoms in total. The zero-order valence-corrected chi connectivity index (χ0v) is 18.4. The van der Waals surface area contributed by atoms with Gasteiger partial charge in [0.15, 0.2) is 0 Å². The molecular weight excluding hydrogens is 524 g/mol. The summed E-state index contributed by atoms with van der Waals surface area (Å²) in [5.41, 5.74) is 7.90. The molecule has 0 aliphatic carbocycles. The van der Waals surface area contributed by atoms with Crippen LogP contribution in [0.3, 0.4) is 0 Å². The zero-order chi connectivity index (χ0) is 17.9. The van der Waals surface area contributed by atoms with Crippen molar-refractivity contribution in [3.63, 3.8) is 0 Å². The van der Waals surface area contributed by atoms with Crippen molar-refractivity contribution >= 4 is 0 Å². The molecule has 0 fully saturated rings. The van der Waals surface area contributed by atoms with Crippen LogP contribution in [-0.4, -0.2) is 31.1 Å². The minimum atomic E-state index is 0. The van der Waals surface area contributed by atoms with E-state index < -0.39 is 0 Å². The number of hydrogen-bond acceptors (Lipinski definition) is 5. The van der Waals surface area contributed by atoms with E-state index in [0.717, 1.165) is 0 Å². The Morgan fingerprint density at radius 1 is 0.778 bits per heavy atom. The van der Waals surface area contributed by atoms with Gasteiger partial charge in [0.1, 0.15) is 22.9 Å². The predicted molar refractivity (Wildman–Crippen MR) is 102 cm³/mol. The first-order chi connectivity index (χ1) is 11.3. The van der Waals surface area contributed by atoms with Crippen molar-refractivity contribution in [2.24, 2.45) is 0 Å². The van der Waals surface area contributed by atoms with Crippen LogP contribution in [0.1, 0.15) is 27.8 Å². The predicted octanol–water partition coefficient (Wildman–Crippen LogP) is 3.50. The maximum atomic E-state index is 9.47. The summed E-state index contributed by atoms with van der Waals surface area (Å²) >= 11 is 0.